The van der Waals surface area contributed by atoms with Crippen molar-refractivity contribution < 1.29 is 14.3 Å². The van der Waals surface area contributed by atoms with Crippen molar-refractivity contribution in [1.29, 1.82) is 0 Å². The molecule has 1 aliphatic heterocycles. The third kappa shape index (κ3) is 3.54. The van der Waals surface area contributed by atoms with E-state index in [1.54, 1.807) is 0 Å². The zero-order valence-corrected chi connectivity index (χ0v) is 12.0. The van der Waals surface area contributed by atoms with Crippen LogP contribution in [0.5, 0.6) is 5.75 Å². The second-order valence-corrected chi connectivity index (χ2v) is 4.89. The molecule has 0 saturated carbocycles. The summed E-state index contributed by atoms with van der Waals surface area (Å²) in [6.45, 7) is 3.08. The van der Waals surface area contributed by atoms with E-state index in [4.69, 9.17) is 17.0 Å². The summed E-state index contributed by atoms with van der Waals surface area (Å²) >= 11 is 5.01. The number of amides is 2. The van der Waals surface area contributed by atoms with Crippen LogP contribution in [0.2, 0.25) is 0 Å². The first-order valence-corrected chi connectivity index (χ1v) is 6.87. The molecule has 20 heavy (non-hydrogen) atoms. The topological polar surface area (TPSA) is 58.6 Å². The van der Waals surface area contributed by atoms with Crippen LogP contribution in [0.3, 0.4) is 0 Å². The highest BCUT2D eigenvalue weighted by molar-refractivity contribution is 7.80. The molecule has 2 amide bonds. The first-order chi connectivity index (χ1) is 9.60. The normalized spacial score (nSPS) is 15.2. The maximum Gasteiger partial charge on any atom is 0.238 e. The molecule has 0 aliphatic carbocycles. The fourth-order valence-corrected chi connectivity index (χ4v) is 2.11. The van der Waals surface area contributed by atoms with Gasteiger partial charge in [0.1, 0.15) is 12.2 Å². The molecule has 6 heteroatoms. The van der Waals surface area contributed by atoms with Gasteiger partial charge in [0, 0.05) is 0 Å². The van der Waals surface area contributed by atoms with Crippen LogP contribution < -0.4 is 10.1 Å². The molecule has 0 spiro atoms. The largest absolute Gasteiger partial charge is 0.494 e. The molecule has 1 N–H and O–H groups in total. The molecule has 2 rings (SSSR count). The van der Waals surface area contributed by atoms with Crippen LogP contribution in [0.1, 0.15) is 25.3 Å². The second kappa shape index (κ2) is 6.47. The van der Waals surface area contributed by atoms with Crippen molar-refractivity contribution in [2.75, 3.05) is 6.61 Å². The van der Waals surface area contributed by atoms with Crippen LogP contribution in [0, 0.1) is 0 Å². The van der Waals surface area contributed by atoms with Gasteiger partial charge in [-0.05, 0) is 36.3 Å². The SMILES string of the molecule is CCCOc1ccc(CN2C(=O)CC(=O)NC2=S)cc1. The van der Waals surface area contributed by atoms with Crippen molar-refractivity contribution in [3.05, 3.63) is 29.8 Å². The van der Waals surface area contributed by atoms with Gasteiger partial charge in [0.15, 0.2) is 5.11 Å². The maximum absolute atomic E-state index is 11.8. The summed E-state index contributed by atoms with van der Waals surface area (Å²) < 4.78 is 5.49. The molecule has 0 bridgehead atoms. The van der Waals surface area contributed by atoms with Gasteiger partial charge in [-0.25, -0.2) is 0 Å². The van der Waals surface area contributed by atoms with E-state index in [2.05, 4.69) is 5.32 Å². The first-order valence-electron chi connectivity index (χ1n) is 6.46. The molecule has 1 fully saturated rings. The fraction of sp³-hybridized carbons (Fsp3) is 0.357. The Bertz CT molecular complexity index is 508. The lowest BCUT2D eigenvalue weighted by molar-refractivity contribution is -0.135. The fourth-order valence-electron chi connectivity index (χ4n) is 1.83. The minimum atomic E-state index is -0.348. The summed E-state index contributed by atoms with van der Waals surface area (Å²) in [6, 6.07) is 7.50. The van der Waals surface area contributed by atoms with E-state index in [9.17, 15) is 9.59 Å². The van der Waals surface area contributed by atoms with Crippen molar-refractivity contribution in [1.82, 2.24) is 10.2 Å². The number of thiocarbonyl (C=S) groups is 1. The van der Waals surface area contributed by atoms with Crippen LogP contribution in [0.15, 0.2) is 24.3 Å². The molecule has 1 aromatic rings. The molecule has 1 aromatic carbocycles. The van der Waals surface area contributed by atoms with Crippen molar-refractivity contribution in [2.24, 2.45) is 0 Å². The highest BCUT2D eigenvalue weighted by Gasteiger charge is 2.27. The minimum Gasteiger partial charge on any atom is -0.494 e. The van der Waals surface area contributed by atoms with Crippen LogP contribution in [0.25, 0.3) is 0 Å². The van der Waals surface area contributed by atoms with E-state index in [0.717, 1.165) is 17.7 Å². The Morgan fingerprint density at radius 1 is 1.30 bits per heavy atom. The van der Waals surface area contributed by atoms with Crippen molar-refractivity contribution in [3.63, 3.8) is 0 Å². The van der Waals surface area contributed by atoms with Crippen LogP contribution >= 0.6 is 12.2 Å². The Hall–Kier alpha value is -1.95. The zero-order valence-electron chi connectivity index (χ0n) is 11.2. The molecule has 5 nitrogen and oxygen atoms in total. The van der Waals surface area contributed by atoms with Crippen LogP contribution in [-0.4, -0.2) is 28.4 Å². The Balaban J connectivity index is 2.00. The predicted octanol–water partition coefficient (Wildman–Crippen LogP) is 1.61. The number of nitrogens with one attached hydrogen (secondary N) is 1. The number of ether oxygens (including phenoxy) is 1. The van der Waals surface area contributed by atoms with Crippen molar-refractivity contribution in [2.45, 2.75) is 26.3 Å². The van der Waals surface area contributed by atoms with Gasteiger partial charge in [-0.2, -0.15) is 0 Å². The molecular weight excluding hydrogens is 276 g/mol. The monoisotopic (exact) mass is 292 g/mol. The Kier molecular flexibility index (Phi) is 4.68. The standard InChI is InChI=1S/C14H16N2O3S/c1-2-7-19-11-5-3-10(4-6-11)9-16-13(18)8-12(17)15-14(16)20/h3-6H,2,7-9H2,1H3,(H,15,17,20). The molecule has 106 valence electrons. The Morgan fingerprint density at radius 3 is 2.60 bits per heavy atom. The van der Waals surface area contributed by atoms with Gasteiger partial charge in [0.2, 0.25) is 11.8 Å². The molecular formula is C14H16N2O3S. The minimum absolute atomic E-state index is 0.155. The van der Waals surface area contributed by atoms with Crippen LogP contribution in [-0.2, 0) is 16.1 Å². The van der Waals surface area contributed by atoms with Gasteiger partial charge in [0.25, 0.3) is 0 Å². The highest BCUT2D eigenvalue weighted by atomic mass is 32.1. The number of carbonyl (C=O) groups is 2. The van der Waals surface area contributed by atoms with Crippen molar-refractivity contribution >= 4 is 29.1 Å². The maximum atomic E-state index is 11.8. The predicted molar refractivity (Wildman–Crippen MR) is 78.1 cm³/mol. The molecule has 1 heterocycles. The van der Waals surface area contributed by atoms with Crippen molar-refractivity contribution in [3.8, 4) is 5.75 Å². The average molecular weight is 292 g/mol. The highest BCUT2D eigenvalue weighted by Crippen LogP contribution is 2.15. The lowest BCUT2D eigenvalue weighted by Gasteiger charge is -2.27. The number of nitrogens with zero attached hydrogens (tertiary/aromatic N) is 1. The Morgan fingerprint density at radius 2 is 2.00 bits per heavy atom. The van der Waals surface area contributed by atoms with Gasteiger partial charge in [-0.3, -0.25) is 14.5 Å². The first kappa shape index (κ1) is 14.5. The molecule has 0 atom stereocenters. The number of hydrogen-bond donors (Lipinski definition) is 1. The summed E-state index contributed by atoms with van der Waals surface area (Å²) in [5.41, 5.74) is 0.931. The van der Waals surface area contributed by atoms with E-state index in [-0.39, 0.29) is 23.3 Å². The van der Waals surface area contributed by atoms with E-state index >= 15 is 0 Å². The lowest BCUT2D eigenvalue weighted by atomic mass is 10.2. The number of benzene rings is 1. The summed E-state index contributed by atoms with van der Waals surface area (Å²) in [7, 11) is 0. The van der Waals surface area contributed by atoms with E-state index < -0.39 is 0 Å². The smallest absolute Gasteiger partial charge is 0.238 e. The third-order valence-corrected chi connectivity index (χ3v) is 3.16. The summed E-state index contributed by atoms with van der Waals surface area (Å²) in [4.78, 5) is 24.3. The van der Waals surface area contributed by atoms with Gasteiger partial charge in [0.05, 0.1) is 13.2 Å². The molecule has 0 aromatic heterocycles. The van der Waals surface area contributed by atoms with Gasteiger partial charge < -0.3 is 10.1 Å². The average Bonchev–Trinajstić information content (AvgIpc) is 2.42. The van der Waals surface area contributed by atoms with E-state index in [0.29, 0.717) is 13.2 Å². The van der Waals surface area contributed by atoms with Gasteiger partial charge in [-0.1, -0.05) is 19.1 Å². The second-order valence-electron chi connectivity index (χ2n) is 4.50. The lowest BCUT2D eigenvalue weighted by Crippen LogP contribution is -2.51. The van der Waals surface area contributed by atoms with Gasteiger partial charge in [-0.15, -0.1) is 0 Å². The Labute approximate surface area is 122 Å². The molecule has 0 radical (unpaired) electrons. The molecule has 0 unspecified atom stereocenters. The third-order valence-electron chi connectivity index (χ3n) is 2.84. The number of carbonyl (C=O) groups excluding carboxylic acids is 2. The molecule has 1 aliphatic rings. The van der Waals surface area contributed by atoms with E-state index in [1.807, 2.05) is 31.2 Å². The zero-order chi connectivity index (χ0) is 14.5. The summed E-state index contributed by atoms with van der Waals surface area (Å²) in [6.07, 6.45) is 0.801. The van der Waals surface area contributed by atoms with Gasteiger partial charge >= 0.3 is 0 Å². The summed E-state index contributed by atoms with van der Waals surface area (Å²) in [5.74, 6) is 0.182. The number of rotatable bonds is 5. The van der Waals surface area contributed by atoms with Crippen LogP contribution in [0.4, 0.5) is 0 Å². The summed E-state index contributed by atoms with van der Waals surface area (Å²) in [5, 5.41) is 2.66. The molecule has 1 saturated heterocycles. The number of hydrogen-bond acceptors (Lipinski definition) is 4. The quantitative estimate of drug-likeness (QED) is 0.661. The van der Waals surface area contributed by atoms with E-state index in [1.165, 1.54) is 4.90 Å².